The van der Waals surface area contributed by atoms with Gasteiger partial charge in [-0.25, -0.2) is 9.97 Å². The Bertz CT molecular complexity index is 367. The summed E-state index contributed by atoms with van der Waals surface area (Å²) in [4.78, 5) is 17.6. The molecule has 0 unspecified atom stereocenters. The van der Waals surface area contributed by atoms with Gasteiger partial charge in [0.25, 0.3) is 0 Å². The number of nitrogens with zero attached hydrogens (tertiary/aromatic N) is 3. The lowest BCUT2D eigenvalue weighted by Crippen LogP contribution is -2.41. The third-order valence-corrected chi connectivity index (χ3v) is 2.88. The minimum absolute atomic E-state index is 0.0413. The molecule has 1 aromatic heterocycles. The lowest BCUT2D eigenvalue weighted by Gasteiger charge is -2.30. The van der Waals surface area contributed by atoms with Gasteiger partial charge in [-0.15, -0.1) is 0 Å². The standard InChI is InChI=1S/C10H16N4O3/c1-3-10(4-2,7-15)13-9-11-5-8(6-12-9)14(16)17/h5-6,15H,3-4,7H2,1-2H3,(H,11,12,13). The van der Waals surface area contributed by atoms with Gasteiger partial charge in [0, 0.05) is 0 Å². The Hall–Kier alpha value is -1.76. The minimum Gasteiger partial charge on any atom is -0.394 e. The highest BCUT2D eigenvalue weighted by atomic mass is 16.6. The summed E-state index contributed by atoms with van der Waals surface area (Å²) in [5.41, 5.74) is -0.631. The first-order valence-corrected chi connectivity index (χ1v) is 5.42. The molecule has 0 amide bonds. The zero-order valence-electron chi connectivity index (χ0n) is 9.88. The van der Waals surface area contributed by atoms with Crippen molar-refractivity contribution in [2.24, 2.45) is 0 Å². The number of hydrogen-bond donors (Lipinski definition) is 2. The SMILES string of the molecule is CCC(CC)(CO)Nc1ncc([N+](=O)[O-])cn1. The molecule has 0 fully saturated rings. The Labute approximate surface area is 99.1 Å². The van der Waals surface area contributed by atoms with Crippen molar-refractivity contribution < 1.29 is 10.0 Å². The molecule has 94 valence electrons. The summed E-state index contributed by atoms with van der Waals surface area (Å²) in [5.74, 6) is 0.286. The Morgan fingerprint density at radius 3 is 2.29 bits per heavy atom. The van der Waals surface area contributed by atoms with Crippen molar-refractivity contribution in [3.63, 3.8) is 0 Å². The molecule has 1 rings (SSSR count). The summed E-state index contributed by atoms with van der Waals surface area (Å²) in [5, 5.41) is 22.8. The van der Waals surface area contributed by atoms with E-state index in [4.69, 9.17) is 0 Å². The topological polar surface area (TPSA) is 101 Å². The molecule has 7 nitrogen and oxygen atoms in total. The molecule has 0 saturated heterocycles. The van der Waals surface area contributed by atoms with Gasteiger partial charge in [-0.05, 0) is 12.8 Å². The molecule has 0 aliphatic rings. The largest absolute Gasteiger partial charge is 0.394 e. The van der Waals surface area contributed by atoms with Crippen LogP contribution in [0.15, 0.2) is 12.4 Å². The summed E-state index contributed by atoms with van der Waals surface area (Å²) < 4.78 is 0. The number of aromatic nitrogens is 2. The maximum absolute atomic E-state index is 10.4. The third kappa shape index (κ3) is 3.10. The predicted octanol–water partition coefficient (Wildman–Crippen LogP) is 1.35. The van der Waals surface area contributed by atoms with Gasteiger partial charge in [-0.2, -0.15) is 0 Å². The van der Waals surface area contributed by atoms with Crippen LogP contribution < -0.4 is 5.32 Å². The summed E-state index contributed by atoms with van der Waals surface area (Å²) in [6, 6.07) is 0. The van der Waals surface area contributed by atoms with Gasteiger partial charge in [0.15, 0.2) is 0 Å². The van der Waals surface area contributed by atoms with Gasteiger partial charge in [0.05, 0.1) is 17.1 Å². The van der Waals surface area contributed by atoms with Gasteiger partial charge in [-0.3, -0.25) is 10.1 Å². The second-order valence-electron chi connectivity index (χ2n) is 3.79. The first-order valence-electron chi connectivity index (χ1n) is 5.42. The van der Waals surface area contributed by atoms with Crippen LogP contribution in [0.2, 0.25) is 0 Å². The highest BCUT2D eigenvalue weighted by Crippen LogP contribution is 2.20. The zero-order valence-corrected chi connectivity index (χ0v) is 9.88. The lowest BCUT2D eigenvalue weighted by atomic mass is 9.94. The number of nitro groups is 1. The van der Waals surface area contributed by atoms with Crippen LogP contribution in [0.1, 0.15) is 26.7 Å². The van der Waals surface area contributed by atoms with Crippen LogP contribution in [-0.2, 0) is 0 Å². The molecule has 0 radical (unpaired) electrons. The van der Waals surface area contributed by atoms with E-state index in [1.165, 1.54) is 0 Å². The van der Waals surface area contributed by atoms with Crippen LogP contribution in [0.5, 0.6) is 0 Å². The number of aliphatic hydroxyl groups excluding tert-OH is 1. The van der Waals surface area contributed by atoms with Crippen LogP contribution in [0.25, 0.3) is 0 Å². The molecule has 0 bridgehead atoms. The van der Waals surface area contributed by atoms with Crippen molar-refractivity contribution in [1.82, 2.24) is 9.97 Å². The van der Waals surface area contributed by atoms with Crippen molar-refractivity contribution in [2.75, 3.05) is 11.9 Å². The van der Waals surface area contributed by atoms with Crippen molar-refractivity contribution in [2.45, 2.75) is 32.2 Å². The fourth-order valence-corrected chi connectivity index (χ4v) is 1.41. The van der Waals surface area contributed by atoms with E-state index >= 15 is 0 Å². The second kappa shape index (κ2) is 5.53. The minimum atomic E-state index is -0.553. The van der Waals surface area contributed by atoms with E-state index in [2.05, 4.69) is 15.3 Å². The molecule has 0 aliphatic carbocycles. The molecular weight excluding hydrogens is 224 g/mol. The summed E-state index contributed by atoms with van der Waals surface area (Å²) in [6.07, 6.45) is 3.70. The molecule has 1 aromatic rings. The van der Waals surface area contributed by atoms with Crippen LogP contribution in [0.3, 0.4) is 0 Å². The molecule has 0 saturated carbocycles. The van der Waals surface area contributed by atoms with E-state index in [9.17, 15) is 15.2 Å². The molecule has 2 N–H and O–H groups in total. The van der Waals surface area contributed by atoms with Crippen LogP contribution >= 0.6 is 0 Å². The van der Waals surface area contributed by atoms with E-state index < -0.39 is 10.5 Å². The van der Waals surface area contributed by atoms with Crippen LogP contribution in [0.4, 0.5) is 11.6 Å². The molecule has 0 spiro atoms. The molecule has 17 heavy (non-hydrogen) atoms. The van der Waals surface area contributed by atoms with Gasteiger partial charge < -0.3 is 10.4 Å². The monoisotopic (exact) mass is 240 g/mol. The number of aliphatic hydroxyl groups is 1. The Kier molecular flexibility index (Phi) is 4.33. The fourth-order valence-electron chi connectivity index (χ4n) is 1.41. The molecule has 0 aromatic carbocycles. The summed E-state index contributed by atoms with van der Waals surface area (Å²) in [6.45, 7) is 3.84. The Morgan fingerprint density at radius 2 is 1.94 bits per heavy atom. The maximum Gasteiger partial charge on any atom is 0.305 e. The van der Waals surface area contributed by atoms with E-state index in [1.807, 2.05) is 13.8 Å². The number of hydrogen-bond acceptors (Lipinski definition) is 6. The predicted molar refractivity (Wildman–Crippen MR) is 62.7 cm³/mol. The van der Waals surface area contributed by atoms with Crippen molar-refractivity contribution in [1.29, 1.82) is 0 Å². The smallest absolute Gasteiger partial charge is 0.305 e. The summed E-state index contributed by atoms with van der Waals surface area (Å²) >= 11 is 0. The van der Waals surface area contributed by atoms with Crippen LogP contribution in [0, 0.1) is 10.1 Å². The average molecular weight is 240 g/mol. The van der Waals surface area contributed by atoms with Crippen LogP contribution in [-0.4, -0.2) is 32.1 Å². The molecule has 0 aliphatic heterocycles. The fraction of sp³-hybridized carbons (Fsp3) is 0.600. The van der Waals surface area contributed by atoms with Gasteiger partial charge in [0.2, 0.25) is 5.95 Å². The quantitative estimate of drug-likeness (QED) is 0.575. The number of nitrogens with one attached hydrogen (secondary N) is 1. The lowest BCUT2D eigenvalue weighted by molar-refractivity contribution is -0.385. The summed E-state index contributed by atoms with van der Waals surface area (Å²) in [7, 11) is 0. The normalized spacial score (nSPS) is 11.2. The zero-order chi connectivity index (χ0) is 12.9. The first-order chi connectivity index (χ1) is 8.06. The maximum atomic E-state index is 10.4. The Balaban J connectivity index is 2.84. The molecule has 0 atom stereocenters. The molecule has 1 heterocycles. The van der Waals surface area contributed by atoms with Crippen molar-refractivity contribution >= 4 is 11.6 Å². The average Bonchev–Trinajstić information content (AvgIpc) is 2.37. The van der Waals surface area contributed by atoms with Gasteiger partial charge >= 0.3 is 5.69 Å². The highest BCUT2D eigenvalue weighted by molar-refractivity contribution is 5.33. The molecule has 7 heteroatoms. The highest BCUT2D eigenvalue weighted by Gasteiger charge is 2.25. The third-order valence-electron chi connectivity index (χ3n) is 2.88. The van der Waals surface area contributed by atoms with E-state index in [-0.39, 0.29) is 18.2 Å². The first kappa shape index (κ1) is 13.3. The van der Waals surface area contributed by atoms with Crippen molar-refractivity contribution in [3.05, 3.63) is 22.5 Å². The number of rotatable bonds is 6. The van der Waals surface area contributed by atoms with E-state index in [1.54, 1.807) is 0 Å². The second-order valence-corrected chi connectivity index (χ2v) is 3.79. The van der Waals surface area contributed by atoms with Crippen molar-refractivity contribution in [3.8, 4) is 0 Å². The van der Waals surface area contributed by atoms with E-state index in [0.29, 0.717) is 12.8 Å². The Morgan fingerprint density at radius 1 is 1.41 bits per heavy atom. The van der Waals surface area contributed by atoms with Gasteiger partial charge in [0.1, 0.15) is 12.4 Å². The van der Waals surface area contributed by atoms with Gasteiger partial charge in [-0.1, -0.05) is 13.8 Å². The molecular formula is C10H16N4O3. The number of anilines is 1. The van der Waals surface area contributed by atoms with E-state index in [0.717, 1.165) is 12.4 Å².